The van der Waals surface area contributed by atoms with E-state index in [1.165, 1.54) is 6.07 Å². The van der Waals surface area contributed by atoms with Gasteiger partial charge in [0.15, 0.2) is 0 Å². The molecular weight excluding hydrogens is 324 g/mol. The molecule has 1 aromatic carbocycles. The number of benzene rings is 1. The Bertz CT molecular complexity index is 887. The summed E-state index contributed by atoms with van der Waals surface area (Å²) in [5, 5.41) is 2.76. The lowest BCUT2D eigenvalue weighted by molar-refractivity contribution is 0.101. The van der Waals surface area contributed by atoms with E-state index in [1.807, 2.05) is 6.92 Å². The zero-order chi connectivity index (χ0) is 16.6. The average Bonchev–Trinajstić information content (AvgIpc) is 2.88. The van der Waals surface area contributed by atoms with Gasteiger partial charge in [-0.05, 0) is 24.6 Å². The summed E-state index contributed by atoms with van der Waals surface area (Å²) < 4.78 is 29.0. The van der Waals surface area contributed by atoms with Gasteiger partial charge in [-0.1, -0.05) is 24.6 Å². The van der Waals surface area contributed by atoms with Crippen LogP contribution in [0.2, 0.25) is 5.02 Å². The number of nitrogens with zero attached hydrogens (tertiary/aromatic N) is 2. The van der Waals surface area contributed by atoms with Crippen molar-refractivity contribution >= 4 is 28.8 Å². The number of anilines is 1. The Morgan fingerprint density at radius 3 is 2.65 bits per heavy atom. The maximum atomic E-state index is 13.7. The van der Waals surface area contributed by atoms with Crippen molar-refractivity contribution in [1.29, 1.82) is 0 Å². The highest BCUT2D eigenvalue weighted by Gasteiger charge is 2.21. The highest BCUT2D eigenvalue weighted by molar-refractivity contribution is 6.30. The molecule has 0 unspecified atom stereocenters. The monoisotopic (exact) mass is 335 g/mol. The van der Waals surface area contributed by atoms with Crippen LogP contribution in [0.5, 0.6) is 0 Å². The quantitative estimate of drug-likeness (QED) is 0.784. The molecule has 3 aromatic rings. The fourth-order valence-electron chi connectivity index (χ4n) is 2.35. The lowest BCUT2D eigenvalue weighted by atomic mass is 10.2. The van der Waals surface area contributed by atoms with Gasteiger partial charge < -0.3 is 5.32 Å². The number of amides is 1. The fraction of sp³-hybridized carbons (Fsp3) is 0.125. The Labute approximate surface area is 135 Å². The van der Waals surface area contributed by atoms with Gasteiger partial charge in [0.25, 0.3) is 5.91 Å². The summed E-state index contributed by atoms with van der Waals surface area (Å²) in [6, 6.07) is 6.60. The molecule has 0 bridgehead atoms. The van der Waals surface area contributed by atoms with Gasteiger partial charge in [0.1, 0.15) is 28.7 Å². The SMILES string of the molecule is CCc1nc2cc(Cl)ccn2c1C(=O)Nc1c(F)cccc1F. The lowest BCUT2D eigenvalue weighted by Gasteiger charge is -2.08. The number of nitrogens with one attached hydrogen (secondary N) is 1. The zero-order valence-corrected chi connectivity index (χ0v) is 12.9. The molecule has 23 heavy (non-hydrogen) atoms. The zero-order valence-electron chi connectivity index (χ0n) is 12.1. The predicted octanol–water partition coefficient (Wildman–Crippen LogP) is 4.08. The van der Waals surface area contributed by atoms with Crippen LogP contribution in [0.1, 0.15) is 23.1 Å². The molecule has 0 spiro atoms. The number of hydrogen-bond donors (Lipinski definition) is 1. The summed E-state index contributed by atoms with van der Waals surface area (Å²) >= 11 is 5.92. The molecule has 2 aromatic heterocycles. The van der Waals surface area contributed by atoms with E-state index in [-0.39, 0.29) is 5.69 Å². The molecule has 0 fully saturated rings. The van der Waals surface area contributed by atoms with Gasteiger partial charge in [0, 0.05) is 17.3 Å². The Morgan fingerprint density at radius 2 is 2.00 bits per heavy atom. The second-order valence-corrected chi connectivity index (χ2v) is 5.32. The van der Waals surface area contributed by atoms with Crippen LogP contribution in [-0.4, -0.2) is 15.3 Å². The lowest BCUT2D eigenvalue weighted by Crippen LogP contribution is -2.18. The number of fused-ring (bicyclic) bond motifs is 1. The minimum absolute atomic E-state index is 0.224. The summed E-state index contributed by atoms with van der Waals surface area (Å²) in [5.41, 5.74) is 0.750. The molecule has 0 aliphatic rings. The molecular formula is C16H12ClF2N3O. The Balaban J connectivity index is 2.07. The van der Waals surface area contributed by atoms with Gasteiger partial charge in [-0.25, -0.2) is 13.8 Å². The van der Waals surface area contributed by atoms with Crippen molar-refractivity contribution in [2.24, 2.45) is 0 Å². The molecule has 2 heterocycles. The fourth-order valence-corrected chi connectivity index (χ4v) is 2.50. The van der Waals surface area contributed by atoms with Gasteiger partial charge in [-0.15, -0.1) is 0 Å². The van der Waals surface area contributed by atoms with Crippen LogP contribution in [0.25, 0.3) is 5.65 Å². The van der Waals surface area contributed by atoms with E-state index in [1.54, 1.807) is 22.7 Å². The number of rotatable bonds is 3. The number of halogens is 3. The van der Waals surface area contributed by atoms with E-state index in [9.17, 15) is 13.6 Å². The Hall–Kier alpha value is -2.47. The molecule has 118 valence electrons. The van der Waals surface area contributed by atoms with Crippen molar-refractivity contribution in [3.05, 3.63) is 64.6 Å². The Kier molecular flexibility index (Phi) is 4.00. The summed E-state index contributed by atoms with van der Waals surface area (Å²) in [6.07, 6.45) is 2.08. The molecule has 1 amide bonds. The third-order valence-electron chi connectivity index (χ3n) is 3.41. The van der Waals surface area contributed by atoms with Gasteiger partial charge >= 0.3 is 0 Å². The first-order chi connectivity index (χ1) is 11.0. The molecule has 1 N–H and O–H groups in total. The highest BCUT2D eigenvalue weighted by Crippen LogP contribution is 2.22. The van der Waals surface area contributed by atoms with Crippen LogP contribution in [0.3, 0.4) is 0 Å². The molecule has 0 aliphatic heterocycles. The van der Waals surface area contributed by atoms with E-state index in [2.05, 4.69) is 10.3 Å². The molecule has 7 heteroatoms. The van der Waals surface area contributed by atoms with Crippen molar-refractivity contribution in [2.45, 2.75) is 13.3 Å². The molecule has 0 aliphatic carbocycles. The van der Waals surface area contributed by atoms with Crippen LogP contribution in [0, 0.1) is 11.6 Å². The first-order valence-electron chi connectivity index (χ1n) is 6.93. The van der Waals surface area contributed by atoms with Crippen LogP contribution >= 0.6 is 11.6 Å². The normalized spacial score (nSPS) is 11.0. The van der Waals surface area contributed by atoms with Crippen molar-refractivity contribution in [1.82, 2.24) is 9.38 Å². The summed E-state index contributed by atoms with van der Waals surface area (Å²) in [5.74, 6) is -2.32. The number of imidazole rings is 1. The van der Waals surface area contributed by atoms with Crippen molar-refractivity contribution in [3.63, 3.8) is 0 Å². The average molecular weight is 336 g/mol. The van der Waals surface area contributed by atoms with Crippen molar-refractivity contribution < 1.29 is 13.6 Å². The number of para-hydroxylation sites is 1. The smallest absolute Gasteiger partial charge is 0.274 e. The van der Waals surface area contributed by atoms with Crippen LogP contribution < -0.4 is 5.32 Å². The number of aryl methyl sites for hydroxylation is 1. The van der Waals surface area contributed by atoms with Gasteiger partial charge in [0.05, 0.1) is 5.69 Å². The van der Waals surface area contributed by atoms with Crippen LogP contribution in [0.15, 0.2) is 36.5 Å². The van der Waals surface area contributed by atoms with Crippen molar-refractivity contribution in [2.75, 3.05) is 5.32 Å². The van der Waals surface area contributed by atoms with E-state index >= 15 is 0 Å². The molecule has 0 saturated carbocycles. The molecule has 0 atom stereocenters. The van der Waals surface area contributed by atoms with E-state index in [4.69, 9.17) is 11.6 Å². The van der Waals surface area contributed by atoms with E-state index in [0.29, 0.717) is 22.8 Å². The second-order valence-electron chi connectivity index (χ2n) is 4.88. The van der Waals surface area contributed by atoms with Crippen LogP contribution in [0.4, 0.5) is 14.5 Å². The largest absolute Gasteiger partial charge is 0.316 e. The number of carbonyl (C=O) groups is 1. The minimum Gasteiger partial charge on any atom is -0.316 e. The number of carbonyl (C=O) groups excluding carboxylic acids is 1. The molecule has 4 nitrogen and oxygen atoms in total. The molecule has 3 rings (SSSR count). The third-order valence-corrected chi connectivity index (χ3v) is 3.65. The van der Waals surface area contributed by atoms with E-state index in [0.717, 1.165) is 12.1 Å². The number of hydrogen-bond acceptors (Lipinski definition) is 2. The standard InChI is InChI=1S/C16H12ClF2N3O/c1-2-12-15(22-7-6-9(17)8-13(22)20-12)16(23)21-14-10(18)4-3-5-11(14)19/h3-8H,2H2,1H3,(H,21,23). The summed E-state index contributed by atoms with van der Waals surface area (Å²) in [4.78, 5) is 16.8. The maximum Gasteiger partial charge on any atom is 0.274 e. The van der Waals surface area contributed by atoms with Crippen molar-refractivity contribution in [3.8, 4) is 0 Å². The van der Waals surface area contributed by atoms with Gasteiger partial charge in [-0.2, -0.15) is 0 Å². The second kappa shape index (κ2) is 5.96. The van der Waals surface area contributed by atoms with Gasteiger partial charge in [-0.3, -0.25) is 9.20 Å². The summed E-state index contributed by atoms with van der Waals surface area (Å²) in [7, 11) is 0. The van der Waals surface area contributed by atoms with E-state index < -0.39 is 23.2 Å². The summed E-state index contributed by atoms with van der Waals surface area (Å²) in [6.45, 7) is 1.84. The maximum absolute atomic E-state index is 13.7. The first kappa shape index (κ1) is 15.4. The Morgan fingerprint density at radius 1 is 1.30 bits per heavy atom. The predicted molar refractivity (Wildman–Crippen MR) is 83.9 cm³/mol. The molecule has 0 saturated heterocycles. The van der Waals surface area contributed by atoms with Crippen LogP contribution in [-0.2, 0) is 6.42 Å². The third kappa shape index (κ3) is 2.77. The number of aromatic nitrogens is 2. The molecule has 0 radical (unpaired) electrons. The topological polar surface area (TPSA) is 46.4 Å². The first-order valence-corrected chi connectivity index (χ1v) is 7.31. The number of pyridine rings is 1. The minimum atomic E-state index is -0.840. The van der Waals surface area contributed by atoms with Gasteiger partial charge in [0.2, 0.25) is 0 Å². The highest BCUT2D eigenvalue weighted by atomic mass is 35.5.